The molecule has 90 valence electrons. The summed E-state index contributed by atoms with van der Waals surface area (Å²) in [7, 11) is 0. The maximum absolute atomic E-state index is 11.2. The number of Topliss-reactive ketones (excluding diaryl/α,β-unsaturated/α-hetero) is 1. The van der Waals surface area contributed by atoms with Crippen molar-refractivity contribution >= 4 is 17.7 Å². The van der Waals surface area contributed by atoms with Crippen molar-refractivity contribution in [1.82, 2.24) is 0 Å². The molecule has 0 spiro atoms. The van der Waals surface area contributed by atoms with Gasteiger partial charge in [0.05, 0.1) is 11.3 Å². The molecule has 0 saturated carbocycles. The molecule has 0 radical (unpaired) electrons. The van der Waals surface area contributed by atoms with E-state index in [9.17, 15) is 9.90 Å². The minimum atomic E-state index is -0.196. The van der Waals surface area contributed by atoms with Crippen LogP contribution in [0.1, 0.15) is 25.0 Å². The lowest BCUT2D eigenvalue weighted by atomic mass is 10.1. The van der Waals surface area contributed by atoms with Crippen LogP contribution < -0.4 is 0 Å². The highest BCUT2D eigenvalue weighted by Gasteiger charge is 2.05. The van der Waals surface area contributed by atoms with E-state index in [1.54, 1.807) is 0 Å². The fraction of sp³-hybridized carbons (Fsp3) is 0.286. The third-order valence-electron chi connectivity index (χ3n) is 2.45. The summed E-state index contributed by atoms with van der Waals surface area (Å²) >= 11 is 0. The molecule has 0 heterocycles. The molecule has 0 bridgehead atoms. The molecule has 3 nitrogen and oxygen atoms in total. The number of allylic oxidation sites excluding steroid dienone is 2. The Morgan fingerprint density at radius 3 is 2.41 bits per heavy atom. The molecule has 0 amide bonds. The highest BCUT2D eigenvalue weighted by Crippen LogP contribution is 2.19. The second kappa shape index (κ2) is 5.43. The van der Waals surface area contributed by atoms with Crippen molar-refractivity contribution in [3.05, 3.63) is 40.7 Å². The third-order valence-corrected chi connectivity index (χ3v) is 2.45. The zero-order valence-corrected chi connectivity index (χ0v) is 10.6. The summed E-state index contributed by atoms with van der Waals surface area (Å²) in [6, 6.07) is 5.88. The number of aryl methyl sites for hydroxylation is 2. The maximum atomic E-state index is 11.2. The van der Waals surface area contributed by atoms with Gasteiger partial charge in [-0.3, -0.25) is 9.79 Å². The molecule has 0 unspecified atom stereocenters. The minimum Gasteiger partial charge on any atom is -0.512 e. The Balaban J connectivity index is 3.05. The van der Waals surface area contributed by atoms with Gasteiger partial charge in [0.25, 0.3) is 0 Å². The number of benzene rings is 1. The van der Waals surface area contributed by atoms with Crippen molar-refractivity contribution in [3.63, 3.8) is 0 Å². The first-order valence-electron chi connectivity index (χ1n) is 5.44. The molecule has 0 saturated heterocycles. The molecule has 0 aromatic heterocycles. The van der Waals surface area contributed by atoms with Crippen LogP contribution in [0.15, 0.2) is 34.5 Å². The average Bonchev–Trinajstić information content (AvgIpc) is 2.20. The van der Waals surface area contributed by atoms with Crippen LogP contribution in [0.25, 0.3) is 0 Å². The van der Waals surface area contributed by atoms with Crippen molar-refractivity contribution in [3.8, 4) is 0 Å². The van der Waals surface area contributed by atoms with Crippen LogP contribution >= 0.6 is 0 Å². The standard InChI is InChI=1S/C14H17NO2/c1-9-5-6-14(10(2)7-9)15-8-13(11(3)16)12(4)17/h5-8,16H,1-4H3. The van der Waals surface area contributed by atoms with E-state index in [1.165, 1.54) is 25.6 Å². The lowest BCUT2D eigenvalue weighted by molar-refractivity contribution is -0.113. The van der Waals surface area contributed by atoms with Gasteiger partial charge in [-0.25, -0.2) is 0 Å². The zero-order chi connectivity index (χ0) is 13.0. The smallest absolute Gasteiger partial charge is 0.164 e. The molecular weight excluding hydrogens is 214 g/mol. The van der Waals surface area contributed by atoms with E-state index in [4.69, 9.17) is 0 Å². The van der Waals surface area contributed by atoms with Crippen molar-refractivity contribution in [2.45, 2.75) is 27.7 Å². The van der Waals surface area contributed by atoms with Crippen LogP contribution in [-0.2, 0) is 4.79 Å². The number of nitrogens with zero attached hydrogens (tertiary/aromatic N) is 1. The normalized spacial score (nSPS) is 12.7. The number of aliphatic hydroxyl groups excluding tert-OH is 1. The Hall–Kier alpha value is -1.90. The second-order valence-corrected chi connectivity index (χ2v) is 4.10. The molecule has 1 rings (SSSR count). The molecule has 3 heteroatoms. The molecule has 0 atom stereocenters. The highest BCUT2D eigenvalue weighted by molar-refractivity contribution is 6.13. The van der Waals surface area contributed by atoms with Gasteiger partial charge in [0.2, 0.25) is 0 Å². The number of aliphatic hydroxyl groups is 1. The van der Waals surface area contributed by atoms with Gasteiger partial charge in [-0.2, -0.15) is 0 Å². The summed E-state index contributed by atoms with van der Waals surface area (Å²) in [5.41, 5.74) is 3.25. The molecule has 0 aliphatic heterocycles. The van der Waals surface area contributed by atoms with Crippen LogP contribution in [0.3, 0.4) is 0 Å². The van der Waals surface area contributed by atoms with Gasteiger partial charge in [-0.1, -0.05) is 17.7 Å². The average molecular weight is 231 g/mol. The number of carbonyl (C=O) groups excluding carboxylic acids is 1. The van der Waals surface area contributed by atoms with Gasteiger partial charge in [-0.15, -0.1) is 0 Å². The molecule has 17 heavy (non-hydrogen) atoms. The van der Waals surface area contributed by atoms with Crippen molar-refractivity contribution in [2.75, 3.05) is 0 Å². The zero-order valence-electron chi connectivity index (χ0n) is 10.6. The summed E-state index contributed by atoms with van der Waals surface area (Å²) in [5.74, 6) is -0.204. The third kappa shape index (κ3) is 3.55. The first-order chi connectivity index (χ1) is 7.91. The predicted molar refractivity (Wildman–Crippen MR) is 70.1 cm³/mol. The van der Waals surface area contributed by atoms with Crippen molar-refractivity contribution in [1.29, 1.82) is 0 Å². The molecule has 1 aromatic carbocycles. The van der Waals surface area contributed by atoms with Crippen LogP contribution in [0.2, 0.25) is 0 Å². The lowest BCUT2D eigenvalue weighted by Gasteiger charge is -2.02. The van der Waals surface area contributed by atoms with Gasteiger partial charge in [0.1, 0.15) is 5.76 Å². The molecule has 0 fully saturated rings. The van der Waals surface area contributed by atoms with Gasteiger partial charge >= 0.3 is 0 Å². The number of rotatable bonds is 3. The summed E-state index contributed by atoms with van der Waals surface area (Å²) < 4.78 is 0. The number of hydrogen-bond acceptors (Lipinski definition) is 3. The van der Waals surface area contributed by atoms with Gasteiger partial charge in [0.15, 0.2) is 5.78 Å². The number of aliphatic imine (C=N–C) groups is 1. The van der Waals surface area contributed by atoms with Gasteiger partial charge in [-0.05, 0) is 39.3 Å². The molecular formula is C14H17NO2. The van der Waals surface area contributed by atoms with Crippen LogP contribution in [0.5, 0.6) is 0 Å². The Labute approximate surface area is 102 Å². The number of hydrogen-bond donors (Lipinski definition) is 1. The largest absolute Gasteiger partial charge is 0.512 e. The van der Waals surface area contributed by atoms with Crippen LogP contribution in [0, 0.1) is 13.8 Å². The van der Waals surface area contributed by atoms with E-state index in [-0.39, 0.29) is 17.1 Å². The Morgan fingerprint density at radius 2 is 1.94 bits per heavy atom. The summed E-state index contributed by atoms with van der Waals surface area (Å²) in [6.07, 6.45) is 1.41. The van der Waals surface area contributed by atoms with Crippen LogP contribution in [0.4, 0.5) is 5.69 Å². The minimum absolute atomic E-state index is 0.00832. The Bertz CT molecular complexity index is 495. The monoisotopic (exact) mass is 231 g/mol. The van der Waals surface area contributed by atoms with E-state index >= 15 is 0 Å². The number of ketones is 1. The second-order valence-electron chi connectivity index (χ2n) is 4.10. The SMILES string of the molecule is CC(=O)C(C=Nc1ccc(C)cc1C)=C(C)O. The lowest BCUT2D eigenvalue weighted by Crippen LogP contribution is -2.01. The van der Waals surface area contributed by atoms with E-state index in [2.05, 4.69) is 4.99 Å². The van der Waals surface area contributed by atoms with E-state index in [0.717, 1.165) is 11.3 Å². The highest BCUT2D eigenvalue weighted by atomic mass is 16.3. The predicted octanol–water partition coefficient (Wildman–Crippen LogP) is 3.43. The van der Waals surface area contributed by atoms with Crippen molar-refractivity contribution in [2.24, 2.45) is 4.99 Å². The summed E-state index contributed by atoms with van der Waals surface area (Å²) in [4.78, 5) is 15.5. The first-order valence-corrected chi connectivity index (χ1v) is 5.44. The van der Waals surface area contributed by atoms with E-state index in [1.807, 2.05) is 32.0 Å². The van der Waals surface area contributed by atoms with E-state index < -0.39 is 0 Å². The summed E-state index contributed by atoms with van der Waals surface area (Å²) in [6.45, 7) is 6.86. The fourth-order valence-electron chi connectivity index (χ4n) is 1.52. The van der Waals surface area contributed by atoms with Gasteiger partial charge < -0.3 is 5.11 Å². The topological polar surface area (TPSA) is 49.7 Å². The van der Waals surface area contributed by atoms with Gasteiger partial charge in [0, 0.05) is 6.21 Å². The molecule has 1 N–H and O–H groups in total. The fourth-order valence-corrected chi connectivity index (χ4v) is 1.52. The summed E-state index contributed by atoms with van der Waals surface area (Å²) in [5, 5.41) is 9.34. The van der Waals surface area contributed by atoms with Crippen molar-refractivity contribution < 1.29 is 9.90 Å². The number of carbonyl (C=O) groups is 1. The van der Waals surface area contributed by atoms with E-state index in [0.29, 0.717) is 0 Å². The molecule has 0 aliphatic carbocycles. The quantitative estimate of drug-likeness (QED) is 0.492. The molecule has 1 aromatic rings. The first kappa shape index (κ1) is 13.2. The van der Waals surface area contributed by atoms with Crippen LogP contribution in [-0.4, -0.2) is 17.1 Å². The Kier molecular flexibility index (Phi) is 4.21. The molecule has 0 aliphatic rings. The Morgan fingerprint density at radius 1 is 1.29 bits per heavy atom. The maximum Gasteiger partial charge on any atom is 0.164 e.